The van der Waals surface area contributed by atoms with E-state index in [9.17, 15) is 22.7 Å². The highest BCUT2D eigenvalue weighted by Gasteiger charge is 2.20. The molecule has 0 aliphatic carbocycles. The molecule has 30 heavy (non-hydrogen) atoms. The van der Waals surface area contributed by atoms with E-state index in [0.29, 0.717) is 18.8 Å². The molecule has 3 aromatic rings. The van der Waals surface area contributed by atoms with Crippen LogP contribution in [0.25, 0.3) is 0 Å². The summed E-state index contributed by atoms with van der Waals surface area (Å²) < 4.78 is 41.3. The van der Waals surface area contributed by atoms with Gasteiger partial charge in [-0.05, 0) is 55.0 Å². The van der Waals surface area contributed by atoms with Gasteiger partial charge in [0.1, 0.15) is 5.82 Å². The number of benzene rings is 3. The molecule has 8 heteroatoms. The molecule has 0 heterocycles. The highest BCUT2D eigenvalue weighted by molar-refractivity contribution is 7.92. The number of carbonyl (C=O) groups is 1. The fourth-order valence-electron chi connectivity index (χ4n) is 3.02. The molecule has 0 radical (unpaired) electrons. The molecule has 156 valence electrons. The van der Waals surface area contributed by atoms with Crippen LogP contribution in [0.1, 0.15) is 22.8 Å². The first kappa shape index (κ1) is 21.3. The van der Waals surface area contributed by atoms with Gasteiger partial charge >= 0.3 is 5.97 Å². The molecule has 0 amide bonds. The predicted octanol–water partition coefficient (Wildman–Crippen LogP) is 4.35. The van der Waals surface area contributed by atoms with Crippen molar-refractivity contribution in [2.75, 3.05) is 16.2 Å². The number of anilines is 2. The van der Waals surface area contributed by atoms with Crippen LogP contribution in [-0.2, 0) is 16.6 Å². The van der Waals surface area contributed by atoms with E-state index in [1.165, 1.54) is 12.1 Å². The zero-order valence-electron chi connectivity index (χ0n) is 16.2. The van der Waals surface area contributed by atoms with Gasteiger partial charge in [0, 0.05) is 13.1 Å². The Labute approximate surface area is 174 Å². The van der Waals surface area contributed by atoms with Gasteiger partial charge in [-0.2, -0.15) is 0 Å². The zero-order chi connectivity index (χ0) is 21.7. The van der Waals surface area contributed by atoms with Crippen molar-refractivity contribution in [3.63, 3.8) is 0 Å². The fraction of sp³-hybridized carbons (Fsp3) is 0.136. The summed E-state index contributed by atoms with van der Waals surface area (Å²) in [5, 5.41) is 9.34. The number of carboxylic acids is 1. The number of sulfonamides is 1. The lowest BCUT2D eigenvalue weighted by atomic mass is 10.1. The first-order valence-corrected chi connectivity index (χ1v) is 10.7. The van der Waals surface area contributed by atoms with Crippen LogP contribution in [-0.4, -0.2) is 26.0 Å². The van der Waals surface area contributed by atoms with E-state index < -0.39 is 21.8 Å². The molecule has 0 saturated carbocycles. The lowest BCUT2D eigenvalue weighted by Crippen LogP contribution is -2.24. The fourth-order valence-corrected chi connectivity index (χ4v) is 4.08. The third kappa shape index (κ3) is 4.96. The number of hydrogen-bond donors (Lipinski definition) is 2. The number of halogens is 1. The lowest BCUT2D eigenvalue weighted by Gasteiger charge is -2.26. The molecular weight excluding hydrogens is 407 g/mol. The third-order valence-corrected chi connectivity index (χ3v) is 5.93. The molecule has 3 aromatic carbocycles. The summed E-state index contributed by atoms with van der Waals surface area (Å²) in [7, 11) is -4.05. The monoisotopic (exact) mass is 428 g/mol. The van der Waals surface area contributed by atoms with Crippen LogP contribution >= 0.6 is 0 Å². The van der Waals surface area contributed by atoms with Crippen molar-refractivity contribution in [2.45, 2.75) is 18.4 Å². The highest BCUT2D eigenvalue weighted by atomic mass is 32.2. The number of nitrogens with one attached hydrogen (secondary N) is 1. The third-order valence-electron chi connectivity index (χ3n) is 4.55. The van der Waals surface area contributed by atoms with Crippen molar-refractivity contribution < 1.29 is 22.7 Å². The van der Waals surface area contributed by atoms with Crippen LogP contribution in [0, 0.1) is 5.82 Å². The van der Waals surface area contributed by atoms with Crippen molar-refractivity contribution >= 4 is 27.4 Å². The van der Waals surface area contributed by atoms with Crippen molar-refractivity contribution in [1.82, 2.24) is 0 Å². The zero-order valence-corrected chi connectivity index (χ0v) is 17.1. The Kier molecular flexibility index (Phi) is 6.37. The van der Waals surface area contributed by atoms with Gasteiger partial charge < -0.3 is 10.0 Å². The Hall–Kier alpha value is -3.39. The van der Waals surface area contributed by atoms with Gasteiger partial charge in [0.2, 0.25) is 0 Å². The number of rotatable bonds is 8. The van der Waals surface area contributed by atoms with Crippen molar-refractivity contribution in [2.24, 2.45) is 0 Å². The maximum atomic E-state index is 13.2. The maximum absolute atomic E-state index is 13.2. The summed E-state index contributed by atoms with van der Waals surface area (Å²) >= 11 is 0. The van der Waals surface area contributed by atoms with Gasteiger partial charge in [-0.25, -0.2) is 17.6 Å². The van der Waals surface area contributed by atoms with E-state index in [0.717, 1.165) is 29.8 Å². The molecule has 0 fully saturated rings. The molecule has 0 unspecified atom stereocenters. The van der Waals surface area contributed by atoms with Crippen molar-refractivity contribution in [3.05, 3.63) is 89.7 Å². The molecule has 0 spiro atoms. The molecule has 0 saturated heterocycles. The van der Waals surface area contributed by atoms with Gasteiger partial charge in [-0.15, -0.1) is 0 Å². The van der Waals surface area contributed by atoms with E-state index in [4.69, 9.17) is 0 Å². The van der Waals surface area contributed by atoms with Crippen LogP contribution in [0.15, 0.2) is 77.7 Å². The lowest BCUT2D eigenvalue weighted by molar-refractivity contribution is 0.0697. The average molecular weight is 428 g/mol. The minimum absolute atomic E-state index is 0.0497. The second-order valence-electron chi connectivity index (χ2n) is 6.60. The Morgan fingerprint density at radius 3 is 2.30 bits per heavy atom. The summed E-state index contributed by atoms with van der Waals surface area (Å²) in [6, 6.07) is 18.3. The molecular formula is C22H21FN2O4S. The largest absolute Gasteiger partial charge is 0.478 e. The standard InChI is InChI=1S/C22H21FN2O4S/c1-2-25(15-16-6-4-3-5-7-16)21-13-8-17(22(26)27)14-20(21)24-30(28,29)19-11-9-18(23)10-12-19/h3-14,24H,2,15H2,1H3,(H,26,27). The first-order valence-electron chi connectivity index (χ1n) is 9.25. The predicted molar refractivity (Wildman–Crippen MR) is 114 cm³/mol. The Bertz CT molecular complexity index is 1130. The van der Waals surface area contributed by atoms with Gasteiger partial charge in [0.15, 0.2) is 0 Å². The molecule has 2 N–H and O–H groups in total. The van der Waals surface area contributed by atoms with Crippen molar-refractivity contribution in [3.8, 4) is 0 Å². The average Bonchev–Trinajstić information content (AvgIpc) is 2.73. The van der Waals surface area contributed by atoms with Crippen molar-refractivity contribution in [1.29, 1.82) is 0 Å². The molecule has 0 bridgehead atoms. The Morgan fingerprint density at radius 1 is 1.03 bits per heavy atom. The number of carboxylic acid groups (broad SMARTS) is 1. The second-order valence-corrected chi connectivity index (χ2v) is 8.28. The number of nitrogens with zero attached hydrogens (tertiary/aromatic N) is 1. The Morgan fingerprint density at radius 2 is 1.70 bits per heavy atom. The van der Waals surface area contributed by atoms with Gasteiger partial charge in [0.05, 0.1) is 21.8 Å². The summed E-state index contributed by atoms with van der Waals surface area (Å²) in [6.45, 7) is 2.99. The number of hydrogen-bond acceptors (Lipinski definition) is 4. The SMILES string of the molecule is CCN(Cc1ccccc1)c1ccc(C(=O)O)cc1NS(=O)(=O)c1ccc(F)cc1. The molecule has 3 rings (SSSR count). The molecule has 0 aliphatic rings. The molecule has 0 aromatic heterocycles. The van der Waals surface area contributed by atoms with Crippen LogP contribution in [0.4, 0.5) is 15.8 Å². The van der Waals surface area contributed by atoms with Gasteiger partial charge in [0.25, 0.3) is 10.0 Å². The maximum Gasteiger partial charge on any atom is 0.335 e. The quantitative estimate of drug-likeness (QED) is 0.557. The van der Waals surface area contributed by atoms with Gasteiger partial charge in [-0.1, -0.05) is 30.3 Å². The topological polar surface area (TPSA) is 86.7 Å². The summed E-state index contributed by atoms with van der Waals surface area (Å²) in [6.07, 6.45) is 0. The molecule has 0 atom stereocenters. The molecule has 0 aliphatic heterocycles. The number of aromatic carboxylic acids is 1. The van der Waals surface area contributed by atoms with E-state index in [1.807, 2.05) is 42.2 Å². The van der Waals surface area contributed by atoms with Crippen LogP contribution in [0.2, 0.25) is 0 Å². The normalized spacial score (nSPS) is 11.1. The minimum atomic E-state index is -4.05. The van der Waals surface area contributed by atoms with Crippen LogP contribution in [0.5, 0.6) is 0 Å². The molecule has 6 nitrogen and oxygen atoms in total. The smallest absolute Gasteiger partial charge is 0.335 e. The van der Waals surface area contributed by atoms with Crippen LogP contribution < -0.4 is 9.62 Å². The van der Waals surface area contributed by atoms with Gasteiger partial charge in [-0.3, -0.25) is 4.72 Å². The Balaban J connectivity index is 2.01. The summed E-state index contributed by atoms with van der Waals surface area (Å²) in [5.74, 6) is -1.72. The van der Waals surface area contributed by atoms with E-state index in [-0.39, 0.29) is 16.1 Å². The first-order chi connectivity index (χ1) is 14.3. The summed E-state index contributed by atoms with van der Waals surface area (Å²) in [4.78, 5) is 13.2. The van der Waals surface area contributed by atoms with E-state index in [2.05, 4.69) is 4.72 Å². The highest BCUT2D eigenvalue weighted by Crippen LogP contribution is 2.31. The minimum Gasteiger partial charge on any atom is -0.478 e. The van der Waals surface area contributed by atoms with Crippen LogP contribution in [0.3, 0.4) is 0 Å². The summed E-state index contributed by atoms with van der Waals surface area (Å²) in [5.41, 5.74) is 1.65. The van der Waals surface area contributed by atoms with E-state index >= 15 is 0 Å². The second kappa shape index (κ2) is 8.96. The van der Waals surface area contributed by atoms with E-state index in [1.54, 1.807) is 6.07 Å².